The largest absolute Gasteiger partial charge is 0.397 e. The number of amides is 1. The van der Waals surface area contributed by atoms with Crippen LogP contribution in [0.15, 0.2) is 17.2 Å². The summed E-state index contributed by atoms with van der Waals surface area (Å²) in [5, 5.41) is 3.54. The number of azide groups is 1. The highest BCUT2D eigenvalue weighted by Crippen LogP contribution is 2.32. The molecule has 0 aromatic heterocycles. The van der Waals surface area contributed by atoms with Gasteiger partial charge in [0.1, 0.15) is 0 Å². The molecule has 0 spiro atoms. The van der Waals surface area contributed by atoms with E-state index in [-0.39, 0.29) is 11.8 Å². The van der Waals surface area contributed by atoms with Crippen LogP contribution in [0.3, 0.4) is 0 Å². The lowest BCUT2D eigenvalue weighted by Gasteiger charge is -2.20. The number of carbonyl (C=O) groups is 1. The van der Waals surface area contributed by atoms with E-state index in [0.717, 1.165) is 16.8 Å². The van der Waals surface area contributed by atoms with Gasteiger partial charge < -0.3 is 10.6 Å². The first-order chi connectivity index (χ1) is 9.02. The molecule has 100 valence electrons. The predicted octanol–water partition coefficient (Wildman–Crippen LogP) is 2.55. The molecule has 0 radical (unpaired) electrons. The molecule has 1 atom stereocenters. The Bertz CT molecular complexity index is 562. The van der Waals surface area contributed by atoms with Gasteiger partial charge in [-0.2, -0.15) is 0 Å². The van der Waals surface area contributed by atoms with Crippen LogP contribution in [-0.4, -0.2) is 19.0 Å². The molecule has 2 N–H and O–H groups in total. The van der Waals surface area contributed by atoms with Crippen molar-refractivity contribution in [1.29, 1.82) is 0 Å². The molecule has 1 fully saturated rings. The van der Waals surface area contributed by atoms with Crippen LogP contribution >= 0.6 is 0 Å². The number of aryl methyl sites for hydroxylation is 2. The first kappa shape index (κ1) is 13.2. The van der Waals surface area contributed by atoms with Crippen LogP contribution in [0, 0.1) is 19.8 Å². The monoisotopic (exact) mass is 259 g/mol. The average molecular weight is 259 g/mol. The fourth-order valence-corrected chi connectivity index (χ4v) is 2.47. The van der Waals surface area contributed by atoms with Crippen molar-refractivity contribution in [3.05, 3.63) is 33.7 Å². The van der Waals surface area contributed by atoms with Gasteiger partial charge in [-0.1, -0.05) is 11.2 Å². The molecule has 1 aliphatic rings. The SMILES string of the molecule is Cc1cc(C)c(N)c(N2CC(CN=[N+]=[N-])CC2=O)c1. The lowest BCUT2D eigenvalue weighted by molar-refractivity contribution is -0.117. The molecule has 6 heteroatoms. The number of hydrogen-bond donors (Lipinski definition) is 1. The Morgan fingerprint density at radius 1 is 1.53 bits per heavy atom. The van der Waals surface area contributed by atoms with Crippen molar-refractivity contribution in [2.45, 2.75) is 20.3 Å². The standard InChI is InChI=1S/C13H17N5O/c1-8-3-9(2)13(14)11(4-8)18-7-10(5-12(18)19)6-16-17-15/h3-4,10H,5-7,14H2,1-2H3. The second kappa shape index (κ2) is 5.20. The molecule has 1 aliphatic heterocycles. The summed E-state index contributed by atoms with van der Waals surface area (Å²) in [6, 6.07) is 3.92. The summed E-state index contributed by atoms with van der Waals surface area (Å²) >= 11 is 0. The second-order valence-corrected chi connectivity index (χ2v) is 5.00. The van der Waals surface area contributed by atoms with Crippen molar-refractivity contribution >= 4 is 17.3 Å². The zero-order valence-electron chi connectivity index (χ0n) is 11.1. The molecule has 1 aromatic carbocycles. The maximum Gasteiger partial charge on any atom is 0.227 e. The third-order valence-electron chi connectivity index (χ3n) is 3.41. The predicted molar refractivity (Wildman–Crippen MR) is 74.8 cm³/mol. The van der Waals surface area contributed by atoms with Crippen LogP contribution in [0.5, 0.6) is 0 Å². The summed E-state index contributed by atoms with van der Waals surface area (Å²) in [5.41, 5.74) is 17.9. The molecule has 2 rings (SSSR count). The lowest BCUT2D eigenvalue weighted by Crippen LogP contribution is -2.26. The number of carbonyl (C=O) groups excluding carboxylic acids is 1. The minimum Gasteiger partial charge on any atom is -0.397 e. The molecular weight excluding hydrogens is 242 g/mol. The topological polar surface area (TPSA) is 95.1 Å². The third-order valence-corrected chi connectivity index (χ3v) is 3.41. The number of nitrogens with two attached hydrogens (primary N) is 1. The van der Waals surface area contributed by atoms with Crippen molar-refractivity contribution in [1.82, 2.24) is 0 Å². The van der Waals surface area contributed by atoms with Gasteiger partial charge in [-0.05, 0) is 42.5 Å². The van der Waals surface area contributed by atoms with Gasteiger partial charge >= 0.3 is 0 Å². The minimum absolute atomic E-state index is 0.0369. The van der Waals surface area contributed by atoms with Crippen molar-refractivity contribution in [3.63, 3.8) is 0 Å². The molecule has 0 bridgehead atoms. The van der Waals surface area contributed by atoms with E-state index >= 15 is 0 Å². The molecule has 1 amide bonds. The molecule has 19 heavy (non-hydrogen) atoms. The molecule has 0 aliphatic carbocycles. The fourth-order valence-electron chi connectivity index (χ4n) is 2.47. The Morgan fingerprint density at radius 3 is 2.95 bits per heavy atom. The molecule has 1 heterocycles. The number of hydrogen-bond acceptors (Lipinski definition) is 3. The van der Waals surface area contributed by atoms with Gasteiger partial charge in [0.2, 0.25) is 5.91 Å². The Kier molecular flexibility index (Phi) is 3.62. The van der Waals surface area contributed by atoms with Crippen molar-refractivity contribution in [3.8, 4) is 0 Å². The van der Waals surface area contributed by atoms with Gasteiger partial charge in [-0.3, -0.25) is 4.79 Å². The van der Waals surface area contributed by atoms with Crippen molar-refractivity contribution in [2.24, 2.45) is 11.0 Å². The number of anilines is 2. The van der Waals surface area contributed by atoms with Gasteiger partial charge in [0.15, 0.2) is 0 Å². The first-order valence-electron chi connectivity index (χ1n) is 6.21. The first-order valence-corrected chi connectivity index (χ1v) is 6.21. The normalized spacial score (nSPS) is 18.5. The third kappa shape index (κ3) is 2.63. The summed E-state index contributed by atoms with van der Waals surface area (Å²) in [6.07, 6.45) is 0.408. The highest BCUT2D eigenvalue weighted by molar-refractivity contribution is 5.99. The van der Waals surface area contributed by atoms with Gasteiger partial charge in [-0.15, -0.1) is 0 Å². The fraction of sp³-hybridized carbons (Fsp3) is 0.462. The van der Waals surface area contributed by atoms with E-state index in [9.17, 15) is 4.79 Å². The van der Waals surface area contributed by atoms with Crippen LogP contribution < -0.4 is 10.6 Å². The molecular formula is C13H17N5O. The van der Waals surface area contributed by atoms with Crippen molar-refractivity contribution < 1.29 is 4.79 Å². The molecule has 6 nitrogen and oxygen atoms in total. The maximum atomic E-state index is 12.1. The smallest absolute Gasteiger partial charge is 0.227 e. The zero-order valence-corrected chi connectivity index (χ0v) is 11.1. The summed E-state index contributed by atoms with van der Waals surface area (Å²) < 4.78 is 0. The number of nitrogen functional groups attached to an aromatic ring is 1. The van der Waals surface area contributed by atoms with E-state index < -0.39 is 0 Å². The Morgan fingerprint density at radius 2 is 2.26 bits per heavy atom. The van der Waals surface area contributed by atoms with Gasteiger partial charge in [-0.25, -0.2) is 0 Å². The van der Waals surface area contributed by atoms with E-state index in [1.54, 1.807) is 4.90 Å². The van der Waals surface area contributed by atoms with E-state index in [0.29, 0.717) is 25.2 Å². The number of rotatable bonds is 3. The van der Waals surface area contributed by atoms with Crippen LogP contribution in [0.25, 0.3) is 10.4 Å². The van der Waals surface area contributed by atoms with E-state index in [4.69, 9.17) is 11.3 Å². The summed E-state index contributed by atoms with van der Waals surface area (Å²) in [7, 11) is 0. The Labute approximate surface area is 111 Å². The second-order valence-electron chi connectivity index (χ2n) is 5.00. The maximum absolute atomic E-state index is 12.1. The average Bonchev–Trinajstić information content (AvgIpc) is 2.72. The van der Waals surface area contributed by atoms with E-state index in [2.05, 4.69) is 10.0 Å². The molecule has 1 unspecified atom stereocenters. The summed E-state index contributed by atoms with van der Waals surface area (Å²) in [4.78, 5) is 16.5. The molecule has 1 aromatic rings. The zero-order chi connectivity index (χ0) is 14.0. The van der Waals surface area contributed by atoms with E-state index in [1.165, 1.54) is 0 Å². The van der Waals surface area contributed by atoms with Crippen LogP contribution in [0.1, 0.15) is 17.5 Å². The van der Waals surface area contributed by atoms with E-state index in [1.807, 2.05) is 26.0 Å². The van der Waals surface area contributed by atoms with Crippen LogP contribution in [0.4, 0.5) is 11.4 Å². The molecule has 0 saturated carbocycles. The summed E-state index contributed by atoms with van der Waals surface area (Å²) in [5.74, 6) is 0.110. The number of benzene rings is 1. The minimum atomic E-state index is 0.0369. The summed E-state index contributed by atoms with van der Waals surface area (Å²) in [6.45, 7) is 4.83. The van der Waals surface area contributed by atoms with Crippen LogP contribution in [-0.2, 0) is 4.79 Å². The highest BCUT2D eigenvalue weighted by Gasteiger charge is 2.31. The molecule has 1 saturated heterocycles. The Balaban J connectivity index is 2.28. The quantitative estimate of drug-likeness (QED) is 0.391. The van der Waals surface area contributed by atoms with Gasteiger partial charge in [0.05, 0.1) is 11.4 Å². The van der Waals surface area contributed by atoms with Crippen LogP contribution in [0.2, 0.25) is 0 Å². The van der Waals surface area contributed by atoms with Crippen molar-refractivity contribution in [2.75, 3.05) is 23.7 Å². The Hall–Kier alpha value is -2.20. The lowest BCUT2D eigenvalue weighted by atomic mass is 10.1. The van der Waals surface area contributed by atoms with Gasteiger partial charge in [0, 0.05) is 24.4 Å². The number of nitrogens with zero attached hydrogens (tertiary/aromatic N) is 4. The highest BCUT2D eigenvalue weighted by atomic mass is 16.2. The van der Waals surface area contributed by atoms with Gasteiger partial charge in [0.25, 0.3) is 0 Å².